The van der Waals surface area contributed by atoms with Gasteiger partial charge >= 0.3 is 0 Å². The van der Waals surface area contributed by atoms with Crippen molar-refractivity contribution < 1.29 is 9.59 Å². The number of benzene rings is 1. The highest BCUT2D eigenvalue weighted by molar-refractivity contribution is 6.05. The smallest absolute Gasteiger partial charge is 0.249 e. The molecule has 1 heterocycles. The number of anilines is 2. The van der Waals surface area contributed by atoms with Crippen molar-refractivity contribution >= 4 is 23.2 Å². The molecule has 1 aliphatic rings. The van der Waals surface area contributed by atoms with Crippen molar-refractivity contribution in [3.8, 4) is 0 Å². The maximum absolute atomic E-state index is 11.8. The summed E-state index contributed by atoms with van der Waals surface area (Å²) >= 11 is 0. The highest BCUT2D eigenvalue weighted by atomic mass is 16.2. The van der Waals surface area contributed by atoms with Crippen molar-refractivity contribution in [3.63, 3.8) is 0 Å². The van der Waals surface area contributed by atoms with E-state index in [0.717, 1.165) is 11.3 Å². The minimum absolute atomic E-state index is 0.165. The molecule has 5 heteroatoms. The van der Waals surface area contributed by atoms with Gasteiger partial charge in [0.15, 0.2) is 0 Å². The molecule has 0 saturated carbocycles. The molecule has 1 aliphatic heterocycles. The first-order chi connectivity index (χ1) is 8.52. The van der Waals surface area contributed by atoms with Gasteiger partial charge in [-0.3, -0.25) is 14.9 Å². The quantitative estimate of drug-likeness (QED) is 0.599. The number of aryl methyl sites for hydroxylation is 1. The number of amides is 2. The molecule has 1 saturated heterocycles. The number of carbonyl (C=O) groups is 2. The van der Waals surface area contributed by atoms with E-state index < -0.39 is 0 Å². The van der Waals surface area contributed by atoms with Gasteiger partial charge in [0.25, 0.3) is 0 Å². The number of hydrogen-bond acceptors (Lipinski definition) is 4. The van der Waals surface area contributed by atoms with Crippen molar-refractivity contribution in [1.82, 2.24) is 5.32 Å². The number of imide groups is 1. The summed E-state index contributed by atoms with van der Waals surface area (Å²) in [7, 11) is 0. The maximum Gasteiger partial charge on any atom is 0.249 e. The average molecular weight is 247 g/mol. The Labute approximate surface area is 106 Å². The van der Waals surface area contributed by atoms with Crippen LogP contribution in [0.2, 0.25) is 0 Å². The van der Waals surface area contributed by atoms with Crippen LogP contribution in [0, 0.1) is 6.92 Å². The summed E-state index contributed by atoms with van der Waals surface area (Å²) in [5.74, 6) is -0.541. The molecule has 0 bridgehead atoms. The van der Waals surface area contributed by atoms with Crippen LogP contribution >= 0.6 is 0 Å². The lowest BCUT2D eigenvalue weighted by Crippen LogP contribution is -2.58. The lowest BCUT2D eigenvalue weighted by molar-refractivity contribution is -0.132. The summed E-state index contributed by atoms with van der Waals surface area (Å²) in [6.07, 6.45) is 0.631. The van der Waals surface area contributed by atoms with E-state index in [9.17, 15) is 9.59 Å². The standard InChI is InChI=1S/C13H17N3O2/c1-3-10-13(18)15-12(17)7-16(10)11-6-8(2)4-5-9(11)14/h4-6,10H,3,7,14H2,1-2H3,(H,15,17,18). The van der Waals surface area contributed by atoms with Crippen molar-refractivity contribution in [2.75, 3.05) is 17.2 Å². The number of rotatable bonds is 2. The maximum atomic E-state index is 11.8. The minimum atomic E-state index is -0.341. The fourth-order valence-corrected chi connectivity index (χ4v) is 2.23. The molecule has 0 spiro atoms. The van der Waals surface area contributed by atoms with Crippen LogP contribution in [-0.4, -0.2) is 24.4 Å². The Kier molecular flexibility index (Phi) is 3.23. The highest BCUT2D eigenvalue weighted by Gasteiger charge is 2.33. The summed E-state index contributed by atoms with van der Waals surface area (Å²) in [6.45, 7) is 4.03. The van der Waals surface area contributed by atoms with Gasteiger partial charge in [-0.05, 0) is 31.0 Å². The van der Waals surface area contributed by atoms with Gasteiger partial charge in [-0.2, -0.15) is 0 Å². The first-order valence-electron chi connectivity index (χ1n) is 5.99. The molecule has 2 amide bonds. The van der Waals surface area contributed by atoms with E-state index in [-0.39, 0.29) is 24.4 Å². The summed E-state index contributed by atoms with van der Waals surface area (Å²) in [6, 6.07) is 5.27. The van der Waals surface area contributed by atoms with E-state index in [2.05, 4.69) is 5.32 Å². The number of nitrogens with one attached hydrogen (secondary N) is 1. The number of nitrogen functional groups attached to an aromatic ring is 1. The molecule has 0 radical (unpaired) electrons. The zero-order chi connectivity index (χ0) is 13.3. The topological polar surface area (TPSA) is 75.4 Å². The zero-order valence-electron chi connectivity index (χ0n) is 10.6. The van der Waals surface area contributed by atoms with Gasteiger partial charge < -0.3 is 10.6 Å². The van der Waals surface area contributed by atoms with Crippen molar-refractivity contribution in [2.45, 2.75) is 26.3 Å². The average Bonchev–Trinajstić information content (AvgIpc) is 2.31. The third-order valence-corrected chi connectivity index (χ3v) is 3.14. The van der Waals surface area contributed by atoms with Gasteiger partial charge in [0, 0.05) is 0 Å². The second-order valence-electron chi connectivity index (χ2n) is 4.53. The molecule has 0 aromatic heterocycles. The Balaban J connectivity index is 2.42. The van der Waals surface area contributed by atoms with Crippen LogP contribution in [0.1, 0.15) is 18.9 Å². The Morgan fingerprint density at radius 2 is 2.17 bits per heavy atom. The fraction of sp³-hybridized carbons (Fsp3) is 0.385. The molecule has 1 fully saturated rings. The third-order valence-electron chi connectivity index (χ3n) is 3.14. The SMILES string of the molecule is CCC1C(=O)NC(=O)CN1c1cc(C)ccc1N. The van der Waals surface area contributed by atoms with Crippen molar-refractivity contribution in [2.24, 2.45) is 0 Å². The fourth-order valence-electron chi connectivity index (χ4n) is 2.23. The minimum Gasteiger partial charge on any atom is -0.397 e. The predicted molar refractivity (Wildman–Crippen MR) is 70.2 cm³/mol. The Bertz CT molecular complexity index is 499. The monoisotopic (exact) mass is 247 g/mol. The number of nitrogens with zero attached hydrogens (tertiary/aromatic N) is 1. The van der Waals surface area contributed by atoms with Gasteiger partial charge in [-0.1, -0.05) is 13.0 Å². The number of nitrogens with two attached hydrogens (primary N) is 1. The first-order valence-corrected chi connectivity index (χ1v) is 5.99. The van der Waals surface area contributed by atoms with E-state index in [1.165, 1.54) is 0 Å². The molecule has 0 aliphatic carbocycles. The van der Waals surface area contributed by atoms with Gasteiger partial charge in [-0.25, -0.2) is 0 Å². The van der Waals surface area contributed by atoms with Crippen molar-refractivity contribution in [1.29, 1.82) is 0 Å². The van der Waals surface area contributed by atoms with Crippen LogP contribution in [0.4, 0.5) is 11.4 Å². The molecule has 3 N–H and O–H groups in total. The van der Waals surface area contributed by atoms with E-state index in [1.54, 1.807) is 11.0 Å². The van der Waals surface area contributed by atoms with Crippen LogP contribution in [-0.2, 0) is 9.59 Å². The van der Waals surface area contributed by atoms with Crippen LogP contribution in [0.5, 0.6) is 0 Å². The zero-order valence-corrected chi connectivity index (χ0v) is 10.6. The highest BCUT2D eigenvalue weighted by Crippen LogP contribution is 2.28. The van der Waals surface area contributed by atoms with E-state index >= 15 is 0 Å². The normalized spacial score (nSPS) is 19.9. The largest absolute Gasteiger partial charge is 0.397 e. The Hall–Kier alpha value is -2.04. The lowest BCUT2D eigenvalue weighted by atomic mass is 10.1. The molecule has 2 rings (SSSR count). The third kappa shape index (κ3) is 2.16. The van der Waals surface area contributed by atoms with Crippen molar-refractivity contribution in [3.05, 3.63) is 23.8 Å². The molecule has 1 aromatic rings. The van der Waals surface area contributed by atoms with Gasteiger partial charge in [0.1, 0.15) is 6.04 Å². The van der Waals surface area contributed by atoms with E-state index in [4.69, 9.17) is 5.73 Å². The van der Waals surface area contributed by atoms with Gasteiger partial charge in [0.05, 0.1) is 17.9 Å². The van der Waals surface area contributed by atoms with E-state index in [0.29, 0.717) is 12.1 Å². The number of hydrogen-bond donors (Lipinski definition) is 2. The molecule has 1 atom stereocenters. The summed E-state index contributed by atoms with van der Waals surface area (Å²) in [4.78, 5) is 25.1. The summed E-state index contributed by atoms with van der Waals surface area (Å²) < 4.78 is 0. The molecule has 1 aromatic carbocycles. The predicted octanol–water partition coefficient (Wildman–Crippen LogP) is 0.819. The Morgan fingerprint density at radius 3 is 2.83 bits per heavy atom. The molecular weight excluding hydrogens is 230 g/mol. The second-order valence-corrected chi connectivity index (χ2v) is 4.53. The lowest BCUT2D eigenvalue weighted by Gasteiger charge is -2.36. The number of piperazine rings is 1. The van der Waals surface area contributed by atoms with Crippen LogP contribution in [0.15, 0.2) is 18.2 Å². The molecule has 18 heavy (non-hydrogen) atoms. The van der Waals surface area contributed by atoms with Crippen LogP contribution in [0.25, 0.3) is 0 Å². The number of carbonyl (C=O) groups excluding carboxylic acids is 2. The summed E-state index contributed by atoms with van der Waals surface area (Å²) in [5, 5.41) is 2.35. The van der Waals surface area contributed by atoms with Gasteiger partial charge in [-0.15, -0.1) is 0 Å². The van der Waals surface area contributed by atoms with Crippen LogP contribution in [0.3, 0.4) is 0 Å². The Morgan fingerprint density at radius 1 is 1.44 bits per heavy atom. The van der Waals surface area contributed by atoms with Crippen LogP contribution < -0.4 is 16.0 Å². The van der Waals surface area contributed by atoms with E-state index in [1.807, 2.05) is 26.0 Å². The molecular formula is C13H17N3O2. The molecule has 96 valence electrons. The molecule has 5 nitrogen and oxygen atoms in total. The molecule has 1 unspecified atom stereocenters. The first kappa shape index (κ1) is 12.4. The second kappa shape index (κ2) is 4.68. The summed E-state index contributed by atoms with van der Waals surface area (Å²) in [5.41, 5.74) is 8.33. The van der Waals surface area contributed by atoms with Gasteiger partial charge in [0.2, 0.25) is 11.8 Å².